The molecule has 0 N–H and O–H groups in total. The lowest BCUT2D eigenvalue weighted by atomic mass is 9.78. The average molecular weight is 349 g/mol. The summed E-state index contributed by atoms with van der Waals surface area (Å²) in [5.41, 5.74) is 0. The van der Waals surface area contributed by atoms with E-state index in [1.165, 1.54) is 32.1 Å². The predicted octanol–water partition coefficient (Wildman–Crippen LogP) is 4.98. The molecule has 3 unspecified atom stereocenters. The number of rotatable bonds is 11. The van der Waals surface area contributed by atoms with E-state index in [9.17, 15) is 0 Å². The van der Waals surface area contributed by atoms with Gasteiger partial charge in [0.2, 0.25) is 0 Å². The van der Waals surface area contributed by atoms with E-state index in [1.807, 2.05) is 20.8 Å². The first-order chi connectivity index (χ1) is 10.6. The van der Waals surface area contributed by atoms with E-state index in [0.29, 0.717) is 19.8 Å². The molecule has 1 fully saturated rings. The predicted molar refractivity (Wildman–Crippen MR) is 98.5 cm³/mol. The molecule has 3 atom stereocenters. The Bertz CT molecular complexity index is 274. The largest absolute Gasteiger partial charge is 0.500 e. The minimum Gasteiger partial charge on any atom is -0.374 e. The third-order valence-corrected chi connectivity index (χ3v) is 9.11. The van der Waals surface area contributed by atoms with Gasteiger partial charge in [0.25, 0.3) is 0 Å². The molecule has 1 saturated carbocycles. The fraction of sp³-hybridized carbons (Fsp3) is 1.00. The molecule has 0 aliphatic heterocycles. The van der Waals surface area contributed by atoms with Crippen LogP contribution in [0.3, 0.4) is 0 Å². The summed E-state index contributed by atoms with van der Waals surface area (Å²) in [5, 5.41) is 0.869. The van der Waals surface area contributed by atoms with Gasteiger partial charge in [0.15, 0.2) is 0 Å². The molecule has 5 heteroatoms. The summed E-state index contributed by atoms with van der Waals surface area (Å²) in [7, 11) is -2.44. The van der Waals surface area contributed by atoms with Gasteiger partial charge in [0.05, 0.1) is 0 Å². The van der Waals surface area contributed by atoms with Crippen molar-refractivity contribution in [3.8, 4) is 0 Å². The molecule has 1 rings (SSSR count). The van der Waals surface area contributed by atoms with Crippen LogP contribution in [0.2, 0.25) is 6.04 Å². The Kier molecular flexibility index (Phi) is 10.3. The summed E-state index contributed by atoms with van der Waals surface area (Å²) in [4.78, 5) is 0. The van der Waals surface area contributed by atoms with Gasteiger partial charge in [-0.1, -0.05) is 13.3 Å². The number of hydrogen-bond donors (Lipinski definition) is 0. The molecule has 0 aromatic carbocycles. The quantitative estimate of drug-likeness (QED) is 0.492. The molecule has 0 aromatic heterocycles. The monoisotopic (exact) mass is 348 g/mol. The lowest BCUT2D eigenvalue weighted by molar-refractivity contribution is 0.0685. The summed E-state index contributed by atoms with van der Waals surface area (Å²) >= 11 is 2.06. The van der Waals surface area contributed by atoms with Gasteiger partial charge in [-0.2, -0.15) is 11.8 Å². The summed E-state index contributed by atoms with van der Waals surface area (Å²) in [5.74, 6) is 1.71. The maximum atomic E-state index is 5.99. The van der Waals surface area contributed by atoms with Gasteiger partial charge in [-0.15, -0.1) is 0 Å². The Morgan fingerprint density at radius 2 is 1.55 bits per heavy atom. The second kappa shape index (κ2) is 11.1. The second-order valence-corrected chi connectivity index (χ2v) is 9.95. The molecule has 1 aliphatic carbocycles. The minimum absolute atomic E-state index is 0.684. The first-order valence-corrected chi connectivity index (χ1v) is 12.3. The standard InChI is InChI=1S/C17H36O3SSi/c1-6-16-14-15(10-11-17(16)21-5)12-13-22(18-7-2,19-8-3)20-9-4/h15-17H,6-14H2,1-5H3. The van der Waals surface area contributed by atoms with E-state index < -0.39 is 8.80 Å². The van der Waals surface area contributed by atoms with Crippen LogP contribution in [0.4, 0.5) is 0 Å². The smallest absolute Gasteiger partial charge is 0.374 e. The molecule has 1 aliphatic rings. The Balaban J connectivity index is 2.56. The minimum atomic E-state index is -2.44. The van der Waals surface area contributed by atoms with Gasteiger partial charge in [0, 0.05) is 31.1 Å². The van der Waals surface area contributed by atoms with Crippen LogP contribution in [0.1, 0.15) is 59.8 Å². The molecule has 132 valence electrons. The molecular weight excluding hydrogens is 312 g/mol. The molecule has 0 spiro atoms. The maximum absolute atomic E-state index is 5.99. The van der Waals surface area contributed by atoms with Crippen LogP contribution in [0, 0.1) is 11.8 Å². The van der Waals surface area contributed by atoms with Crippen molar-refractivity contribution in [3.63, 3.8) is 0 Å². The Labute approximate surface area is 143 Å². The van der Waals surface area contributed by atoms with Crippen molar-refractivity contribution < 1.29 is 13.3 Å². The lowest BCUT2D eigenvalue weighted by Crippen LogP contribution is -2.46. The molecule has 0 bridgehead atoms. The number of thioether (sulfide) groups is 1. The highest BCUT2D eigenvalue weighted by atomic mass is 32.2. The Morgan fingerprint density at radius 3 is 2.00 bits per heavy atom. The fourth-order valence-electron chi connectivity index (χ4n) is 3.72. The van der Waals surface area contributed by atoms with Crippen LogP contribution in [-0.4, -0.2) is 40.1 Å². The molecule has 0 amide bonds. The van der Waals surface area contributed by atoms with Crippen LogP contribution in [0.5, 0.6) is 0 Å². The zero-order valence-electron chi connectivity index (χ0n) is 15.2. The third kappa shape index (κ3) is 6.15. The second-order valence-electron chi connectivity index (χ2n) is 6.14. The lowest BCUT2D eigenvalue weighted by Gasteiger charge is -2.36. The molecule has 0 aromatic rings. The molecule has 3 nitrogen and oxygen atoms in total. The van der Waals surface area contributed by atoms with E-state index >= 15 is 0 Å². The van der Waals surface area contributed by atoms with Crippen LogP contribution in [0.15, 0.2) is 0 Å². The van der Waals surface area contributed by atoms with Gasteiger partial charge in [-0.25, -0.2) is 0 Å². The van der Waals surface area contributed by atoms with Crippen molar-refractivity contribution >= 4 is 20.6 Å². The van der Waals surface area contributed by atoms with Gasteiger partial charge < -0.3 is 13.3 Å². The topological polar surface area (TPSA) is 27.7 Å². The van der Waals surface area contributed by atoms with Crippen LogP contribution >= 0.6 is 11.8 Å². The van der Waals surface area contributed by atoms with Crippen molar-refractivity contribution in [2.45, 2.75) is 71.1 Å². The van der Waals surface area contributed by atoms with Crippen molar-refractivity contribution in [2.24, 2.45) is 11.8 Å². The normalized spacial score (nSPS) is 26.3. The third-order valence-electron chi connectivity index (χ3n) is 4.80. The van der Waals surface area contributed by atoms with Crippen molar-refractivity contribution in [1.29, 1.82) is 0 Å². The molecule has 0 radical (unpaired) electrons. The molecule has 0 heterocycles. The summed E-state index contributed by atoms with van der Waals surface area (Å²) in [6.07, 6.45) is 8.88. The zero-order valence-corrected chi connectivity index (χ0v) is 17.0. The van der Waals surface area contributed by atoms with Crippen molar-refractivity contribution in [2.75, 3.05) is 26.1 Å². The number of hydrogen-bond acceptors (Lipinski definition) is 4. The van der Waals surface area contributed by atoms with Crippen LogP contribution in [0.25, 0.3) is 0 Å². The maximum Gasteiger partial charge on any atom is 0.500 e. The first-order valence-electron chi connectivity index (χ1n) is 9.09. The van der Waals surface area contributed by atoms with E-state index in [0.717, 1.165) is 23.1 Å². The average Bonchev–Trinajstić information content (AvgIpc) is 2.53. The van der Waals surface area contributed by atoms with E-state index in [1.54, 1.807) is 0 Å². The van der Waals surface area contributed by atoms with Crippen LogP contribution < -0.4 is 0 Å². The Morgan fingerprint density at radius 1 is 0.955 bits per heavy atom. The zero-order chi connectivity index (χ0) is 16.4. The van der Waals surface area contributed by atoms with Gasteiger partial charge in [0.1, 0.15) is 0 Å². The van der Waals surface area contributed by atoms with Crippen LogP contribution in [-0.2, 0) is 13.3 Å². The van der Waals surface area contributed by atoms with Gasteiger partial charge in [-0.3, -0.25) is 0 Å². The van der Waals surface area contributed by atoms with Crippen molar-refractivity contribution in [1.82, 2.24) is 0 Å². The van der Waals surface area contributed by atoms with E-state index in [-0.39, 0.29) is 0 Å². The highest BCUT2D eigenvalue weighted by Gasteiger charge is 2.41. The van der Waals surface area contributed by atoms with Gasteiger partial charge in [-0.05, 0) is 64.5 Å². The molecular formula is C17H36O3SSi. The highest BCUT2D eigenvalue weighted by molar-refractivity contribution is 7.99. The summed E-state index contributed by atoms with van der Waals surface area (Å²) in [6, 6.07) is 0.980. The van der Waals surface area contributed by atoms with Gasteiger partial charge >= 0.3 is 8.80 Å². The first kappa shape index (κ1) is 20.5. The van der Waals surface area contributed by atoms with E-state index in [2.05, 4.69) is 24.9 Å². The Hall–Kier alpha value is 0.447. The van der Waals surface area contributed by atoms with E-state index in [4.69, 9.17) is 13.3 Å². The summed E-state index contributed by atoms with van der Waals surface area (Å²) in [6.45, 7) is 10.5. The molecule has 0 saturated heterocycles. The molecule has 22 heavy (non-hydrogen) atoms. The SMILES string of the molecule is CCO[Si](CCC1CCC(SC)C(CC)C1)(OCC)OCC. The summed E-state index contributed by atoms with van der Waals surface area (Å²) < 4.78 is 18.0. The highest BCUT2D eigenvalue weighted by Crippen LogP contribution is 2.40. The van der Waals surface area contributed by atoms with Crippen molar-refractivity contribution in [3.05, 3.63) is 0 Å². The fourth-order valence-corrected chi connectivity index (χ4v) is 7.54.